The zero-order valence-electron chi connectivity index (χ0n) is 17.3. The molecule has 0 bridgehead atoms. The van der Waals surface area contributed by atoms with Gasteiger partial charge >= 0.3 is 12.1 Å². The molecular formula is C21H20F4N2O5. The van der Waals surface area contributed by atoms with Crippen molar-refractivity contribution in [1.82, 2.24) is 4.98 Å². The predicted molar refractivity (Wildman–Crippen MR) is 104 cm³/mol. The van der Waals surface area contributed by atoms with Crippen LogP contribution in [0.3, 0.4) is 0 Å². The van der Waals surface area contributed by atoms with Crippen LogP contribution < -0.4 is 10.1 Å². The maximum absolute atomic E-state index is 14.7. The molecule has 3 atom stereocenters. The van der Waals surface area contributed by atoms with Crippen LogP contribution in [-0.2, 0) is 14.3 Å². The lowest BCUT2D eigenvalue weighted by Gasteiger charge is -2.27. The first-order valence-electron chi connectivity index (χ1n) is 9.43. The van der Waals surface area contributed by atoms with Gasteiger partial charge in [-0.05, 0) is 37.6 Å². The quantitative estimate of drug-likeness (QED) is 0.544. The Morgan fingerprint density at radius 1 is 1.25 bits per heavy atom. The lowest BCUT2D eigenvalue weighted by molar-refractivity contribution is -0.261. The van der Waals surface area contributed by atoms with Crippen molar-refractivity contribution < 1.29 is 41.4 Å². The van der Waals surface area contributed by atoms with Gasteiger partial charge in [-0.25, -0.2) is 14.2 Å². The molecule has 32 heavy (non-hydrogen) atoms. The van der Waals surface area contributed by atoms with Crippen molar-refractivity contribution in [3.05, 3.63) is 53.6 Å². The Labute approximate surface area is 180 Å². The van der Waals surface area contributed by atoms with Crippen molar-refractivity contribution in [3.63, 3.8) is 0 Å². The van der Waals surface area contributed by atoms with E-state index in [0.717, 1.165) is 20.1 Å². The number of hydrogen-bond acceptors (Lipinski definition) is 6. The molecular weight excluding hydrogens is 436 g/mol. The van der Waals surface area contributed by atoms with E-state index in [4.69, 9.17) is 9.47 Å². The molecule has 0 aliphatic carbocycles. The zero-order valence-corrected chi connectivity index (χ0v) is 17.3. The third-order valence-electron chi connectivity index (χ3n) is 5.25. The van der Waals surface area contributed by atoms with Crippen LogP contribution in [0.1, 0.15) is 35.3 Å². The molecule has 2 aromatic rings. The molecule has 7 nitrogen and oxygen atoms in total. The summed E-state index contributed by atoms with van der Waals surface area (Å²) >= 11 is 0. The summed E-state index contributed by atoms with van der Waals surface area (Å²) in [4.78, 5) is 28.4. The fourth-order valence-corrected chi connectivity index (χ4v) is 3.60. The molecule has 3 rings (SSSR count). The largest absolute Gasteiger partial charge is 0.496 e. The molecule has 11 heteroatoms. The molecule has 172 valence electrons. The van der Waals surface area contributed by atoms with Crippen LogP contribution in [0.5, 0.6) is 5.75 Å². The average Bonchev–Trinajstić information content (AvgIpc) is 3.11. The minimum absolute atomic E-state index is 0.000266. The molecule has 0 saturated carbocycles. The molecule has 0 spiro atoms. The van der Waals surface area contributed by atoms with Crippen LogP contribution in [0, 0.1) is 5.82 Å². The number of alkyl halides is 3. The molecule has 1 saturated heterocycles. The molecule has 1 fully saturated rings. The predicted octanol–water partition coefficient (Wildman–Crippen LogP) is 3.85. The van der Waals surface area contributed by atoms with Gasteiger partial charge in [0, 0.05) is 23.4 Å². The number of pyridine rings is 1. The molecule has 1 N–H and O–H groups in total. The SMILES string of the molecule is COC(=O)c1cc(NC(=O)C2OC(C)(C(F)(F)F)CC2c2c(F)cccc2OC)ccn1. The van der Waals surface area contributed by atoms with Gasteiger partial charge in [0.25, 0.3) is 5.91 Å². The summed E-state index contributed by atoms with van der Waals surface area (Å²) in [5, 5.41) is 2.41. The van der Waals surface area contributed by atoms with E-state index in [9.17, 15) is 27.2 Å². The number of ether oxygens (including phenoxy) is 3. The van der Waals surface area contributed by atoms with E-state index < -0.39 is 47.9 Å². The van der Waals surface area contributed by atoms with Gasteiger partial charge in [-0.1, -0.05) is 6.07 Å². The average molecular weight is 456 g/mol. The van der Waals surface area contributed by atoms with Crippen LogP contribution in [0.2, 0.25) is 0 Å². The topological polar surface area (TPSA) is 86.8 Å². The summed E-state index contributed by atoms with van der Waals surface area (Å²) in [5.74, 6) is -3.83. The van der Waals surface area contributed by atoms with E-state index >= 15 is 0 Å². The fraction of sp³-hybridized carbons (Fsp3) is 0.381. The first-order chi connectivity index (χ1) is 15.0. The van der Waals surface area contributed by atoms with Gasteiger partial charge in [0.15, 0.2) is 5.60 Å². The van der Waals surface area contributed by atoms with Crippen molar-refractivity contribution >= 4 is 17.6 Å². The van der Waals surface area contributed by atoms with E-state index in [0.29, 0.717) is 0 Å². The summed E-state index contributed by atoms with van der Waals surface area (Å²) in [6, 6.07) is 6.34. The van der Waals surface area contributed by atoms with Crippen LogP contribution >= 0.6 is 0 Å². The number of carbonyl (C=O) groups excluding carboxylic acids is 2. The molecule has 1 aliphatic heterocycles. The summed E-state index contributed by atoms with van der Waals surface area (Å²) in [7, 11) is 2.39. The second-order valence-corrected chi connectivity index (χ2v) is 7.34. The van der Waals surface area contributed by atoms with Crippen molar-refractivity contribution in [3.8, 4) is 5.75 Å². The molecule has 1 aliphatic rings. The minimum Gasteiger partial charge on any atom is -0.496 e. The van der Waals surface area contributed by atoms with Crippen molar-refractivity contribution in [2.75, 3.05) is 19.5 Å². The highest BCUT2D eigenvalue weighted by molar-refractivity contribution is 5.96. The number of methoxy groups -OCH3 is 2. The Morgan fingerprint density at radius 3 is 2.59 bits per heavy atom. The lowest BCUT2D eigenvalue weighted by Crippen LogP contribution is -2.43. The van der Waals surface area contributed by atoms with E-state index in [-0.39, 0.29) is 22.7 Å². The molecule has 1 aromatic heterocycles. The van der Waals surface area contributed by atoms with Gasteiger partial charge < -0.3 is 19.5 Å². The van der Waals surface area contributed by atoms with E-state index in [2.05, 4.69) is 15.0 Å². The van der Waals surface area contributed by atoms with Gasteiger partial charge in [-0.2, -0.15) is 13.2 Å². The smallest absolute Gasteiger partial charge is 0.417 e. The van der Waals surface area contributed by atoms with Crippen LogP contribution in [-0.4, -0.2) is 49.0 Å². The maximum atomic E-state index is 14.7. The van der Waals surface area contributed by atoms with E-state index in [1.54, 1.807) is 0 Å². The number of aromatic nitrogens is 1. The van der Waals surface area contributed by atoms with Gasteiger partial charge in [0.1, 0.15) is 23.4 Å². The van der Waals surface area contributed by atoms with E-state index in [1.165, 1.54) is 37.6 Å². The normalized spacial score (nSPS) is 23.0. The zero-order chi connectivity index (χ0) is 23.7. The van der Waals surface area contributed by atoms with Crippen molar-refractivity contribution in [1.29, 1.82) is 0 Å². The Balaban J connectivity index is 1.98. The standard InChI is InChI=1S/C21H20F4N2O5/c1-20(21(23,24)25)10-12(16-13(22)5-4-6-15(16)30-2)17(32-20)18(28)27-11-7-8-26-14(9-11)19(29)31-3/h4-9,12,17H,10H2,1-3H3,(H,26,27,28). The number of nitrogens with one attached hydrogen (secondary N) is 1. The Hall–Kier alpha value is -3.21. The van der Waals surface area contributed by atoms with Crippen LogP contribution in [0.15, 0.2) is 36.5 Å². The van der Waals surface area contributed by atoms with Crippen LogP contribution in [0.4, 0.5) is 23.2 Å². The first-order valence-corrected chi connectivity index (χ1v) is 9.43. The molecule has 1 aromatic carbocycles. The van der Waals surface area contributed by atoms with Gasteiger partial charge in [0.05, 0.1) is 14.2 Å². The third-order valence-corrected chi connectivity index (χ3v) is 5.25. The number of amides is 1. The van der Waals surface area contributed by atoms with Gasteiger partial charge in [0.2, 0.25) is 0 Å². The number of esters is 1. The number of rotatable bonds is 5. The molecule has 0 radical (unpaired) electrons. The number of benzene rings is 1. The summed E-state index contributed by atoms with van der Waals surface area (Å²) in [6.07, 6.45) is -5.99. The summed E-state index contributed by atoms with van der Waals surface area (Å²) < 4.78 is 70.7. The Morgan fingerprint density at radius 2 is 1.97 bits per heavy atom. The van der Waals surface area contributed by atoms with Crippen LogP contribution in [0.25, 0.3) is 0 Å². The molecule has 3 unspecified atom stereocenters. The van der Waals surface area contributed by atoms with Crippen molar-refractivity contribution in [2.24, 2.45) is 0 Å². The first kappa shape index (κ1) is 23.5. The highest BCUT2D eigenvalue weighted by Gasteiger charge is 2.61. The fourth-order valence-electron chi connectivity index (χ4n) is 3.60. The molecule has 2 heterocycles. The number of hydrogen-bond donors (Lipinski definition) is 1. The van der Waals surface area contributed by atoms with Gasteiger partial charge in [-0.15, -0.1) is 0 Å². The highest BCUT2D eigenvalue weighted by atomic mass is 19.4. The van der Waals surface area contributed by atoms with E-state index in [1.807, 2.05) is 0 Å². The number of carbonyl (C=O) groups is 2. The minimum atomic E-state index is -4.81. The number of nitrogens with zero attached hydrogens (tertiary/aromatic N) is 1. The Bertz CT molecular complexity index is 1030. The summed E-state index contributed by atoms with van der Waals surface area (Å²) in [6.45, 7) is 0.808. The maximum Gasteiger partial charge on any atom is 0.417 e. The van der Waals surface area contributed by atoms with Crippen molar-refractivity contribution in [2.45, 2.75) is 37.1 Å². The highest BCUT2D eigenvalue weighted by Crippen LogP contribution is 2.51. The summed E-state index contributed by atoms with van der Waals surface area (Å²) in [5.41, 5.74) is -2.92. The number of anilines is 1. The monoisotopic (exact) mass is 456 g/mol. The third kappa shape index (κ3) is 4.38. The second-order valence-electron chi connectivity index (χ2n) is 7.34. The second kappa shape index (κ2) is 8.73. The number of halogens is 4. The Kier molecular flexibility index (Phi) is 6.40. The lowest BCUT2D eigenvalue weighted by atomic mass is 9.85. The van der Waals surface area contributed by atoms with Gasteiger partial charge in [-0.3, -0.25) is 4.79 Å². The molecule has 1 amide bonds.